The molecule has 0 saturated heterocycles. The molecule has 5 heteroatoms. The maximum Gasteiger partial charge on any atom is 0.307 e. The second kappa shape index (κ2) is 7.94. The third kappa shape index (κ3) is 4.25. The predicted molar refractivity (Wildman–Crippen MR) is 101 cm³/mol. The van der Waals surface area contributed by atoms with Crippen LogP contribution in [0.25, 0.3) is 0 Å². The third-order valence-corrected chi connectivity index (χ3v) is 4.99. The first-order chi connectivity index (χ1) is 12.1. The molecule has 0 bridgehead atoms. The molecule has 4 nitrogen and oxygen atoms in total. The maximum absolute atomic E-state index is 12.5. The predicted octanol–water partition coefficient (Wildman–Crippen LogP) is 3.51. The third-order valence-electron chi connectivity index (χ3n) is 4.11. The molecule has 3 rings (SSSR count). The van der Waals surface area contributed by atoms with E-state index in [1.165, 1.54) is 11.3 Å². The van der Waals surface area contributed by atoms with Crippen LogP contribution in [0.1, 0.15) is 29.3 Å². The van der Waals surface area contributed by atoms with Gasteiger partial charge in [0.15, 0.2) is 0 Å². The number of amides is 1. The van der Waals surface area contributed by atoms with Crippen LogP contribution >= 0.6 is 11.3 Å². The van der Waals surface area contributed by atoms with Crippen LogP contribution in [0.5, 0.6) is 0 Å². The Hall–Kier alpha value is -2.66. The van der Waals surface area contributed by atoms with E-state index in [0.29, 0.717) is 6.54 Å². The van der Waals surface area contributed by atoms with Gasteiger partial charge < -0.3 is 9.88 Å². The topological polar surface area (TPSA) is 51.1 Å². The number of nitrogens with zero attached hydrogens (tertiary/aromatic N) is 1. The van der Waals surface area contributed by atoms with E-state index in [2.05, 4.69) is 5.32 Å². The van der Waals surface area contributed by atoms with E-state index < -0.39 is 0 Å². The Morgan fingerprint density at radius 3 is 2.08 bits per heavy atom. The first-order valence-electron chi connectivity index (χ1n) is 8.19. The highest BCUT2D eigenvalue weighted by Crippen LogP contribution is 2.21. The lowest BCUT2D eigenvalue weighted by atomic mass is 9.98. The van der Waals surface area contributed by atoms with E-state index in [4.69, 9.17) is 0 Å². The van der Waals surface area contributed by atoms with Gasteiger partial charge >= 0.3 is 4.87 Å². The molecule has 0 spiro atoms. The Morgan fingerprint density at radius 2 is 1.60 bits per heavy atom. The van der Waals surface area contributed by atoms with Crippen LogP contribution in [0.2, 0.25) is 0 Å². The average Bonchev–Trinajstić information content (AvgIpc) is 2.97. The zero-order chi connectivity index (χ0) is 17.6. The zero-order valence-electron chi connectivity index (χ0n) is 14.0. The smallest absolute Gasteiger partial charge is 0.307 e. The average molecular weight is 352 g/mol. The van der Waals surface area contributed by atoms with Gasteiger partial charge in [-0.1, -0.05) is 72.0 Å². The molecule has 0 aliphatic carbocycles. The molecule has 0 aliphatic heterocycles. The lowest BCUT2D eigenvalue weighted by Crippen LogP contribution is -2.30. The van der Waals surface area contributed by atoms with E-state index in [1.54, 1.807) is 4.57 Å². The van der Waals surface area contributed by atoms with E-state index >= 15 is 0 Å². The Kier molecular flexibility index (Phi) is 5.46. The van der Waals surface area contributed by atoms with Crippen LogP contribution in [0.4, 0.5) is 0 Å². The fraction of sp³-hybridized carbons (Fsp3) is 0.200. The Labute approximate surface area is 150 Å². The zero-order valence-corrected chi connectivity index (χ0v) is 14.8. The molecule has 2 aromatic carbocycles. The Balaban J connectivity index is 1.74. The molecule has 25 heavy (non-hydrogen) atoms. The number of nitrogens with one attached hydrogen (secondary N) is 1. The fourth-order valence-electron chi connectivity index (χ4n) is 2.77. The summed E-state index contributed by atoms with van der Waals surface area (Å²) in [7, 11) is 0. The number of hydrogen-bond acceptors (Lipinski definition) is 3. The maximum atomic E-state index is 12.5. The molecular formula is C20H20N2O2S. The van der Waals surface area contributed by atoms with Crippen LogP contribution in [-0.4, -0.2) is 10.5 Å². The fourth-order valence-corrected chi connectivity index (χ4v) is 3.53. The number of thiazole rings is 1. The van der Waals surface area contributed by atoms with E-state index in [9.17, 15) is 9.59 Å². The molecule has 1 amide bonds. The molecule has 0 saturated carbocycles. The standard InChI is InChI=1S/C20H20N2O2S/c1-15-14-25-20(24)22(15)13-12-18(23)21-19(16-8-4-2-5-9-16)17-10-6-3-7-11-17/h2-11,14,19H,12-13H2,1H3,(H,21,23). The normalized spacial score (nSPS) is 10.8. The summed E-state index contributed by atoms with van der Waals surface area (Å²) in [5.74, 6) is -0.0739. The number of carbonyl (C=O) groups excluding carboxylic acids is 1. The van der Waals surface area contributed by atoms with Gasteiger partial charge in [-0.05, 0) is 18.1 Å². The van der Waals surface area contributed by atoms with E-state index in [-0.39, 0.29) is 23.2 Å². The van der Waals surface area contributed by atoms with Gasteiger partial charge in [0.05, 0.1) is 6.04 Å². The van der Waals surface area contributed by atoms with Gasteiger partial charge in [-0.15, -0.1) is 0 Å². The first kappa shape index (κ1) is 17.2. The first-order valence-corrected chi connectivity index (χ1v) is 9.07. The lowest BCUT2D eigenvalue weighted by molar-refractivity contribution is -0.121. The molecular weight excluding hydrogens is 332 g/mol. The second-order valence-corrected chi connectivity index (χ2v) is 6.69. The highest BCUT2D eigenvalue weighted by atomic mass is 32.1. The van der Waals surface area contributed by atoms with Gasteiger partial charge in [0.2, 0.25) is 5.91 Å². The molecule has 0 radical (unpaired) electrons. The molecule has 1 aromatic heterocycles. The summed E-state index contributed by atoms with van der Waals surface area (Å²) in [6.45, 7) is 2.28. The molecule has 0 unspecified atom stereocenters. The van der Waals surface area contributed by atoms with Crippen LogP contribution in [0.3, 0.4) is 0 Å². The largest absolute Gasteiger partial charge is 0.345 e. The number of benzene rings is 2. The minimum absolute atomic E-state index is 0.0204. The minimum Gasteiger partial charge on any atom is -0.345 e. The second-order valence-electron chi connectivity index (χ2n) is 5.87. The van der Waals surface area contributed by atoms with Crippen molar-refractivity contribution >= 4 is 17.2 Å². The summed E-state index contributed by atoms with van der Waals surface area (Å²) in [5.41, 5.74) is 2.96. The van der Waals surface area contributed by atoms with E-state index in [1.807, 2.05) is 73.0 Å². The van der Waals surface area contributed by atoms with Crippen molar-refractivity contribution < 1.29 is 4.79 Å². The quantitative estimate of drug-likeness (QED) is 0.738. The van der Waals surface area contributed by atoms with Crippen molar-refractivity contribution in [3.8, 4) is 0 Å². The van der Waals surface area contributed by atoms with Crippen LogP contribution in [0, 0.1) is 6.92 Å². The van der Waals surface area contributed by atoms with Gasteiger partial charge in [0.25, 0.3) is 0 Å². The SMILES string of the molecule is Cc1csc(=O)n1CCC(=O)NC(c1ccccc1)c1ccccc1. The number of aryl methyl sites for hydroxylation is 1. The molecule has 3 aromatic rings. The van der Waals surface area contributed by atoms with Crippen molar-refractivity contribution in [1.82, 2.24) is 9.88 Å². The molecule has 1 heterocycles. The highest BCUT2D eigenvalue weighted by Gasteiger charge is 2.16. The van der Waals surface area contributed by atoms with Crippen molar-refractivity contribution in [3.63, 3.8) is 0 Å². The highest BCUT2D eigenvalue weighted by molar-refractivity contribution is 7.07. The monoisotopic (exact) mass is 352 g/mol. The number of hydrogen-bond donors (Lipinski definition) is 1. The van der Waals surface area contributed by atoms with Crippen molar-refractivity contribution in [2.24, 2.45) is 0 Å². The summed E-state index contributed by atoms with van der Waals surface area (Å²) < 4.78 is 1.64. The van der Waals surface area contributed by atoms with Crippen molar-refractivity contribution in [3.05, 3.63) is 92.5 Å². The number of carbonyl (C=O) groups is 1. The Morgan fingerprint density at radius 1 is 1.04 bits per heavy atom. The Bertz CT molecular complexity index is 845. The number of rotatable bonds is 6. The van der Waals surface area contributed by atoms with Gasteiger partial charge in [-0.2, -0.15) is 0 Å². The molecule has 0 fully saturated rings. The molecule has 0 aliphatic rings. The molecule has 128 valence electrons. The van der Waals surface area contributed by atoms with Crippen molar-refractivity contribution in [2.75, 3.05) is 0 Å². The summed E-state index contributed by atoms with van der Waals surface area (Å²) in [4.78, 5) is 24.2. The van der Waals surface area contributed by atoms with Crippen molar-refractivity contribution in [2.45, 2.75) is 25.9 Å². The van der Waals surface area contributed by atoms with Gasteiger partial charge in [-0.3, -0.25) is 9.59 Å². The van der Waals surface area contributed by atoms with Gasteiger partial charge in [0.1, 0.15) is 0 Å². The number of aromatic nitrogens is 1. The summed E-state index contributed by atoms with van der Waals surface area (Å²) in [6.07, 6.45) is 0.271. The van der Waals surface area contributed by atoms with Crippen molar-refractivity contribution in [1.29, 1.82) is 0 Å². The van der Waals surface area contributed by atoms with Gasteiger partial charge in [0, 0.05) is 24.0 Å². The van der Waals surface area contributed by atoms with Crippen LogP contribution in [0.15, 0.2) is 70.8 Å². The lowest BCUT2D eigenvalue weighted by Gasteiger charge is -2.20. The summed E-state index contributed by atoms with van der Waals surface area (Å²) in [5, 5.41) is 4.92. The van der Waals surface area contributed by atoms with Gasteiger partial charge in [-0.25, -0.2) is 0 Å². The van der Waals surface area contributed by atoms with E-state index in [0.717, 1.165) is 16.8 Å². The molecule has 0 atom stereocenters. The summed E-state index contributed by atoms with van der Waals surface area (Å²) in [6, 6.07) is 19.6. The van der Waals surface area contributed by atoms with Crippen LogP contribution in [-0.2, 0) is 11.3 Å². The van der Waals surface area contributed by atoms with Crippen LogP contribution < -0.4 is 10.2 Å². The summed E-state index contributed by atoms with van der Waals surface area (Å²) >= 11 is 1.17. The minimum atomic E-state index is -0.199. The molecule has 1 N–H and O–H groups in total.